The van der Waals surface area contributed by atoms with Gasteiger partial charge >= 0.3 is 0 Å². The van der Waals surface area contributed by atoms with Gasteiger partial charge in [-0.25, -0.2) is 17.7 Å². The Balaban J connectivity index is 1.85. The zero-order valence-corrected chi connectivity index (χ0v) is 17.2. The van der Waals surface area contributed by atoms with Crippen LogP contribution in [0.15, 0.2) is 53.5 Å². The van der Waals surface area contributed by atoms with Crippen molar-refractivity contribution in [2.24, 2.45) is 4.99 Å². The average molecular weight is 413 g/mol. The number of benzene rings is 2. The molecular weight excluding hydrogens is 388 g/mol. The first-order valence-corrected chi connectivity index (χ1v) is 11.3. The fraction of sp³-hybridized carbons (Fsp3) is 0.364. The van der Waals surface area contributed by atoms with Crippen LogP contribution in [0.4, 0.5) is 5.69 Å². The fourth-order valence-corrected chi connectivity index (χ4v) is 5.93. The van der Waals surface area contributed by atoms with Crippen LogP contribution in [-0.4, -0.2) is 44.6 Å². The lowest BCUT2D eigenvalue weighted by molar-refractivity contribution is -0.119. The number of amides is 1. The molecule has 1 saturated heterocycles. The molecule has 1 atom stereocenters. The van der Waals surface area contributed by atoms with Crippen LogP contribution in [0.25, 0.3) is 0 Å². The van der Waals surface area contributed by atoms with Gasteiger partial charge in [-0.3, -0.25) is 4.79 Å². The van der Waals surface area contributed by atoms with Gasteiger partial charge in [0.2, 0.25) is 0 Å². The second-order valence-corrected chi connectivity index (χ2v) is 9.27. The molecule has 152 valence electrons. The van der Waals surface area contributed by atoms with Crippen molar-refractivity contribution < 1.29 is 17.9 Å². The quantitative estimate of drug-likeness (QED) is 0.756. The van der Waals surface area contributed by atoms with E-state index in [-0.39, 0.29) is 18.9 Å². The summed E-state index contributed by atoms with van der Waals surface area (Å²) >= 11 is 0. The Morgan fingerprint density at radius 3 is 2.59 bits per heavy atom. The molecule has 2 aromatic carbocycles. The third-order valence-electron chi connectivity index (χ3n) is 5.51. The maximum Gasteiger partial charge on any atom is 0.283 e. The van der Waals surface area contributed by atoms with E-state index < -0.39 is 21.2 Å². The first-order valence-electron chi connectivity index (χ1n) is 9.83. The first kappa shape index (κ1) is 19.8. The highest BCUT2D eigenvalue weighted by atomic mass is 32.2. The largest absolute Gasteiger partial charge is 0.383 e. The van der Waals surface area contributed by atoms with Gasteiger partial charge < -0.3 is 4.74 Å². The zero-order valence-electron chi connectivity index (χ0n) is 16.4. The van der Waals surface area contributed by atoms with Gasteiger partial charge in [0.15, 0.2) is 5.25 Å². The SMILES string of the molecule is COCCN1C(=O)C(=Nc2cccc3c2CCCC3)C(c2ccccc2)S1(=O)=O. The number of fused-ring (bicyclic) bond motifs is 1. The first-order chi connectivity index (χ1) is 14.0. The third-order valence-corrected chi connectivity index (χ3v) is 7.57. The summed E-state index contributed by atoms with van der Waals surface area (Å²) in [5, 5.41) is -1.10. The molecule has 0 aromatic heterocycles. The van der Waals surface area contributed by atoms with Gasteiger partial charge in [0.05, 0.1) is 18.8 Å². The fourth-order valence-electron chi connectivity index (χ4n) is 4.09. The number of rotatable bonds is 5. The summed E-state index contributed by atoms with van der Waals surface area (Å²) in [5.41, 5.74) is 3.67. The van der Waals surface area contributed by atoms with Crippen LogP contribution in [0.2, 0.25) is 0 Å². The Morgan fingerprint density at radius 1 is 1.07 bits per heavy atom. The van der Waals surface area contributed by atoms with Crippen molar-refractivity contribution in [1.29, 1.82) is 0 Å². The number of aliphatic imine (C=N–C) groups is 1. The Bertz CT molecular complexity index is 1050. The average Bonchev–Trinajstić information content (AvgIpc) is 2.92. The normalized spacial score (nSPS) is 22.1. The van der Waals surface area contributed by atoms with Crippen LogP contribution >= 0.6 is 0 Å². The van der Waals surface area contributed by atoms with E-state index >= 15 is 0 Å². The van der Waals surface area contributed by atoms with E-state index in [4.69, 9.17) is 4.74 Å². The number of hydrogen-bond donors (Lipinski definition) is 0. The van der Waals surface area contributed by atoms with Crippen LogP contribution in [0.5, 0.6) is 0 Å². The van der Waals surface area contributed by atoms with Gasteiger partial charge in [0.1, 0.15) is 5.71 Å². The van der Waals surface area contributed by atoms with E-state index in [1.54, 1.807) is 24.3 Å². The van der Waals surface area contributed by atoms with E-state index in [0.29, 0.717) is 11.3 Å². The zero-order chi connectivity index (χ0) is 20.4. The van der Waals surface area contributed by atoms with E-state index in [9.17, 15) is 13.2 Å². The summed E-state index contributed by atoms with van der Waals surface area (Å²) in [6, 6.07) is 14.7. The van der Waals surface area contributed by atoms with Gasteiger partial charge in [0.25, 0.3) is 15.9 Å². The minimum absolute atomic E-state index is 0.0209. The molecule has 0 saturated carbocycles. The van der Waals surface area contributed by atoms with Crippen LogP contribution in [-0.2, 0) is 32.4 Å². The minimum Gasteiger partial charge on any atom is -0.383 e. The van der Waals surface area contributed by atoms with Crippen molar-refractivity contribution in [3.05, 3.63) is 65.2 Å². The van der Waals surface area contributed by atoms with Gasteiger partial charge in [0, 0.05) is 7.11 Å². The van der Waals surface area contributed by atoms with Crippen molar-refractivity contribution in [3.63, 3.8) is 0 Å². The summed E-state index contributed by atoms with van der Waals surface area (Å²) in [6.07, 6.45) is 4.09. The number of sulfonamides is 1. The summed E-state index contributed by atoms with van der Waals surface area (Å²) < 4.78 is 32.5. The molecule has 7 heteroatoms. The number of hydrogen-bond acceptors (Lipinski definition) is 5. The highest BCUT2D eigenvalue weighted by molar-refractivity contribution is 7.91. The molecule has 2 aliphatic rings. The van der Waals surface area contributed by atoms with Crippen LogP contribution in [0.1, 0.15) is 34.8 Å². The molecule has 1 heterocycles. The smallest absolute Gasteiger partial charge is 0.283 e. The van der Waals surface area contributed by atoms with Crippen LogP contribution in [0, 0.1) is 0 Å². The molecular formula is C22H24N2O4S. The number of nitrogens with zero attached hydrogens (tertiary/aromatic N) is 2. The molecule has 29 heavy (non-hydrogen) atoms. The predicted octanol–water partition coefficient (Wildman–Crippen LogP) is 3.20. The second-order valence-electron chi connectivity index (χ2n) is 7.32. The predicted molar refractivity (Wildman–Crippen MR) is 112 cm³/mol. The lowest BCUT2D eigenvalue weighted by atomic mass is 9.90. The number of ether oxygens (including phenoxy) is 1. The van der Waals surface area contributed by atoms with Gasteiger partial charge in [-0.05, 0) is 48.4 Å². The Kier molecular flexibility index (Phi) is 5.52. The van der Waals surface area contributed by atoms with Crippen LogP contribution in [0.3, 0.4) is 0 Å². The van der Waals surface area contributed by atoms with Crippen molar-refractivity contribution in [1.82, 2.24) is 4.31 Å². The molecule has 1 aliphatic heterocycles. The maximum absolute atomic E-state index is 13.3. The number of carbonyl (C=O) groups excluding carboxylic acids is 1. The molecule has 1 fully saturated rings. The van der Waals surface area contributed by atoms with Gasteiger partial charge in [-0.1, -0.05) is 42.5 Å². The topological polar surface area (TPSA) is 76.0 Å². The van der Waals surface area contributed by atoms with E-state index in [1.165, 1.54) is 12.7 Å². The molecule has 2 aromatic rings. The summed E-state index contributed by atoms with van der Waals surface area (Å²) in [5.74, 6) is -0.565. The number of aryl methyl sites for hydroxylation is 1. The molecule has 0 bridgehead atoms. The monoisotopic (exact) mass is 412 g/mol. The van der Waals surface area contributed by atoms with E-state index in [0.717, 1.165) is 35.6 Å². The van der Waals surface area contributed by atoms with E-state index in [1.807, 2.05) is 18.2 Å². The molecule has 0 N–H and O–H groups in total. The standard InChI is InChI=1S/C22H24N2O4S/c1-28-15-14-24-22(25)20(21(29(24,26)27)17-9-3-2-4-10-17)23-19-13-7-11-16-8-5-6-12-18(16)19/h2-4,7,9-11,13,21H,5-6,8,12,14-15H2,1H3. The minimum atomic E-state index is -3.92. The lowest BCUT2D eigenvalue weighted by Gasteiger charge is -2.17. The Hall–Kier alpha value is -2.51. The summed E-state index contributed by atoms with van der Waals surface area (Å²) in [6.45, 7) is 0.118. The molecule has 6 nitrogen and oxygen atoms in total. The number of carbonyl (C=O) groups is 1. The molecule has 1 amide bonds. The highest BCUT2D eigenvalue weighted by Gasteiger charge is 2.50. The Morgan fingerprint density at radius 2 is 1.83 bits per heavy atom. The van der Waals surface area contributed by atoms with E-state index in [2.05, 4.69) is 11.1 Å². The highest BCUT2D eigenvalue weighted by Crippen LogP contribution is 2.37. The Labute approximate surface area is 171 Å². The van der Waals surface area contributed by atoms with Gasteiger partial charge in [-0.2, -0.15) is 0 Å². The van der Waals surface area contributed by atoms with Crippen molar-refractivity contribution >= 4 is 27.3 Å². The molecule has 1 unspecified atom stereocenters. The van der Waals surface area contributed by atoms with Crippen molar-refractivity contribution in [2.45, 2.75) is 30.9 Å². The lowest BCUT2D eigenvalue weighted by Crippen LogP contribution is -2.34. The second kappa shape index (κ2) is 8.08. The van der Waals surface area contributed by atoms with Crippen molar-refractivity contribution in [3.8, 4) is 0 Å². The summed E-state index contributed by atoms with van der Waals surface area (Å²) in [4.78, 5) is 17.8. The molecule has 4 rings (SSSR count). The van der Waals surface area contributed by atoms with Gasteiger partial charge in [-0.15, -0.1) is 0 Å². The number of methoxy groups -OCH3 is 1. The molecule has 0 spiro atoms. The van der Waals surface area contributed by atoms with Crippen molar-refractivity contribution in [2.75, 3.05) is 20.3 Å². The maximum atomic E-state index is 13.3. The van der Waals surface area contributed by atoms with Crippen LogP contribution < -0.4 is 0 Å². The molecule has 1 aliphatic carbocycles. The molecule has 0 radical (unpaired) electrons. The third kappa shape index (κ3) is 3.60. The summed E-state index contributed by atoms with van der Waals surface area (Å²) in [7, 11) is -2.44.